The standard InChI is InChI=1S/C40H44N4O6.2HI/c1-43(2,3)23-27-21-25(11-17-33(27)45)9-7-19-41-37(47)29-13-15-31-36-32(16-14-30(35(29)36)38(41)48)40(50)42(39(31)49)20-8-10-26-12-18-34(46)28(22-26)24-44(4,5)6;;/h11-18,21-22H,7-10,19-20,23-24H2,1-6H3;2*1H. The number of aromatic hydroxyl groups is 2. The second-order valence-electron chi connectivity index (χ2n) is 15.6. The molecule has 4 aromatic rings. The minimum atomic E-state index is -0.441. The molecule has 0 saturated carbocycles. The van der Waals surface area contributed by atoms with Crippen molar-refractivity contribution >= 4 is 34.4 Å². The highest BCUT2D eigenvalue weighted by atomic mass is 127. The average Bonchev–Trinajstić information content (AvgIpc) is 3.03. The summed E-state index contributed by atoms with van der Waals surface area (Å²) in [4.78, 5) is 57.5. The largest absolute Gasteiger partial charge is 1.00 e. The van der Waals surface area contributed by atoms with Gasteiger partial charge in [0, 0.05) is 57.2 Å². The number of aryl methyl sites for hydroxylation is 2. The molecular formula is C40H46I2N4O6. The van der Waals surface area contributed by atoms with Gasteiger partial charge in [-0.3, -0.25) is 29.0 Å². The van der Waals surface area contributed by atoms with Gasteiger partial charge >= 0.3 is 0 Å². The van der Waals surface area contributed by atoms with Crippen LogP contribution in [0, 0.1) is 0 Å². The van der Waals surface area contributed by atoms with E-state index in [9.17, 15) is 29.4 Å². The number of phenolic OH excluding ortho intramolecular Hbond substituents is 2. The molecule has 10 nitrogen and oxygen atoms in total. The molecule has 0 spiro atoms. The molecule has 0 fully saturated rings. The first-order chi connectivity index (χ1) is 23.5. The number of amides is 4. The second kappa shape index (κ2) is 15.8. The van der Waals surface area contributed by atoms with Crippen molar-refractivity contribution in [3.8, 4) is 11.5 Å². The van der Waals surface area contributed by atoms with Gasteiger partial charge in [0.1, 0.15) is 24.6 Å². The van der Waals surface area contributed by atoms with Crippen molar-refractivity contribution in [2.24, 2.45) is 0 Å². The third-order valence-corrected chi connectivity index (χ3v) is 9.33. The van der Waals surface area contributed by atoms with Crippen LogP contribution in [0.15, 0.2) is 60.7 Å². The van der Waals surface area contributed by atoms with Crippen molar-refractivity contribution in [3.63, 3.8) is 0 Å². The second-order valence-corrected chi connectivity index (χ2v) is 15.6. The molecule has 0 radical (unpaired) electrons. The molecule has 0 aromatic heterocycles. The van der Waals surface area contributed by atoms with Crippen molar-refractivity contribution in [2.75, 3.05) is 55.4 Å². The van der Waals surface area contributed by atoms with Crippen molar-refractivity contribution in [2.45, 2.75) is 38.8 Å². The molecule has 4 aromatic carbocycles. The van der Waals surface area contributed by atoms with Crippen LogP contribution in [-0.2, 0) is 25.9 Å². The number of carbonyl (C=O) groups excluding carboxylic acids is 4. The molecule has 4 amide bonds. The lowest BCUT2D eigenvalue weighted by Crippen LogP contribution is -3.00. The van der Waals surface area contributed by atoms with Crippen LogP contribution in [0.3, 0.4) is 0 Å². The smallest absolute Gasteiger partial charge is 0.261 e. The number of benzene rings is 4. The van der Waals surface area contributed by atoms with E-state index in [4.69, 9.17) is 0 Å². The lowest BCUT2D eigenvalue weighted by molar-refractivity contribution is -0.884. The molecule has 2 N–H and O–H groups in total. The molecule has 0 unspecified atom stereocenters. The highest BCUT2D eigenvalue weighted by Crippen LogP contribution is 2.38. The first-order valence-electron chi connectivity index (χ1n) is 17.1. The molecule has 0 saturated heterocycles. The summed E-state index contributed by atoms with van der Waals surface area (Å²) in [5.74, 6) is -1.27. The van der Waals surface area contributed by atoms with E-state index in [0.717, 1.165) is 22.3 Å². The van der Waals surface area contributed by atoms with Crippen LogP contribution in [0.4, 0.5) is 0 Å². The molecule has 0 atom stereocenters. The predicted molar refractivity (Wildman–Crippen MR) is 191 cm³/mol. The van der Waals surface area contributed by atoms with Crippen LogP contribution in [0.2, 0.25) is 0 Å². The maximum atomic E-state index is 13.7. The van der Waals surface area contributed by atoms with E-state index >= 15 is 0 Å². The Kier molecular flexibility index (Phi) is 12.5. The third-order valence-electron chi connectivity index (χ3n) is 9.33. The van der Waals surface area contributed by atoms with Crippen molar-refractivity contribution in [1.82, 2.24) is 9.80 Å². The van der Waals surface area contributed by atoms with Gasteiger partial charge in [0.25, 0.3) is 23.6 Å². The zero-order chi connectivity index (χ0) is 36.1. The van der Waals surface area contributed by atoms with Gasteiger partial charge in [0.15, 0.2) is 0 Å². The first kappa shape index (κ1) is 41.2. The number of phenols is 2. The van der Waals surface area contributed by atoms with E-state index in [0.29, 0.717) is 80.8 Å². The molecule has 276 valence electrons. The van der Waals surface area contributed by atoms with E-state index < -0.39 is 23.6 Å². The topological polar surface area (TPSA) is 115 Å². The van der Waals surface area contributed by atoms with Gasteiger partial charge in [-0.15, -0.1) is 0 Å². The summed E-state index contributed by atoms with van der Waals surface area (Å²) in [5.41, 5.74) is 4.94. The van der Waals surface area contributed by atoms with E-state index in [2.05, 4.69) is 42.3 Å². The Balaban J connectivity index is 0.00000302. The Morgan fingerprint density at radius 2 is 0.808 bits per heavy atom. The molecule has 0 bridgehead atoms. The summed E-state index contributed by atoms with van der Waals surface area (Å²) in [6.45, 7) is 1.73. The van der Waals surface area contributed by atoms with Gasteiger partial charge in [-0.05, 0) is 85.3 Å². The van der Waals surface area contributed by atoms with Gasteiger partial charge in [0.2, 0.25) is 0 Å². The van der Waals surface area contributed by atoms with Gasteiger partial charge in [0.05, 0.1) is 42.3 Å². The van der Waals surface area contributed by atoms with Crippen LogP contribution in [0.25, 0.3) is 10.8 Å². The van der Waals surface area contributed by atoms with E-state index in [1.807, 2.05) is 24.3 Å². The Morgan fingerprint density at radius 3 is 1.10 bits per heavy atom. The van der Waals surface area contributed by atoms with Gasteiger partial charge in [-0.25, -0.2) is 0 Å². The molecule has 0 aliphatic carbocycles. The van der Waals surface area contributed by atoms with E-state index in [-0.39, 0.29) is 72.5 Å². The summed E-state index contributed by atoms with van der Waals surface area (Å²) in [5, 5.41) is 21.4. The molecule has 52 heavy (non-hydrogen) atoms. The maximum absolute atomic E-state index is 13.7. The Morgan fingerprint density at radius 1 is 0.500 bits per heavy atom. The van der Waals surface area contributed by atoms with Crippen molar-refractivity contribution in [1.29, 1.82) is 0 Å². The minimum absolute atomic E-state index is 0. The number of quaternary nitrogens is 2. The third kappa shape index (κ3) is 8.45. The summed E-state index contributed by atoms with van der Waals surface area (Å²) in [7, 11) is 12.3. The van der Waals surface area contributed by atoms with Gasteiger partial charge < -0.3 is 67.1 Å². The molecule has 2 aliphatic rings. The van der Waals surface area contributed by atoms with Crippen LogP contribution >= 0.6 is 0 Å². The molecular weight excluding hydrogens is 886 g/mol. The van der Waals surface area contributed by atoms with Gasteiger partial charge in [-0.1, -0.05) is 12.1 Å². The zero-order valence-corrected chi connectivity index (χ0v) is 34.8. The monoisotopic (exact) mass is 932 g/mol. The summed E-state index contributed by atoms with van der Waals surface area (Å²) < 4.78 is 1.33. The summed E-state index contributed by atoms with van der Waals surface area (Å²) in [6, 6.07) is 17.5. The Bertz CT molecular complexity index is 1850. The van der Waals surface area contributed by atoms with E-state index in [1.54, 1.807) is 36.4 Å². The number of halogens is 2. The van der Waals surface area contributed by atoms with Crippen molar-refractivity contribution in [3.05, 3.63) is 105 Å². The summed E-state index contributed by atoms with van der Waals surface area (Å²) in [6.07, 6.45) is 2.30. The fourth-order valence-electron chi connectivity index (χ4n) is 7.13. The maximum Gasteiger partial charge on any atom is 0.261 e. The fourth-order valence-corrected chi connectivity index (χ4v) is 7.13. The summed E-state index contributed by atoms with van der Waals surface area (Å²) >= 11 is 0. The normalized spacial score (nSPS) is 14.1. The predicted octanol–water partition coefficient (Wildman–Crippen LogP) is -0.871. The van der Waals surface area contributed by atoms with Crippen LogP contribution in [-0.4, -0.2) is 108 Å². The molecule has 2 heterocycles. The highest BCUT2D eigenvalue weighted by Gasteiger charge is 2.39. The number of rotatable bonds is 12. The number of imide groups is 2. The highest BCUT2D eigenvalue weighted by molar-refractivity contribution is 6.33. The Labute approximate surface area is 339 Å². The quantitative estimate of drug-likeness (QED) is 0.109. The lowest BCUT2D eigenvalue weighted by Gasteiger charge is -2.32. The van der Waals surface area contributed by atoms with Crippen LogP contribution in [0.5, 0.6) is 11.5 Å². The van der Waals surface area contributed by atoms with Crippen LogP contribution in [0.1, 0.15) is 76.5 Å². The number of nitrogens with zero attached hydrogens (tertiary/aromatic N) is 4. The molecule has 12 heteroatoms. The van der Waals surface area contributed by atoms with Gasteiger partial charge in [-0.2, -0.15) is 0 Å². The minimum Gasteiger partial charge on any atom is -1.00 e. The lowest BCUT2D eigenvalue weighted by atomic mass is 9.85. The molecule has 6 rings (SSSR count). The number of hydrogen-bond acceptors (Lipinski definition) is 6. The first-order valence-corrected chi connectivity index (χ1v) is 17.1. The number of carbonyl (C=O) groups is 4. The number of hydrogen-bond donors (Lipinski definition) is 2. The Hall–Kier alpha value is -3.60. The van der Waals surface area contributed by atoms with Crippen molar-refractivity contribution < 1.29 is 86.3 Å². The zero-order valence-electron chi connectivity index (χ0n) is 30.5. The average molecular weight is 933 g/mol. The van der Waals surface area contributed by atoms with E-state index in [1.165, 1.54) is 9.80 Å². The fraction of sp³-hybridized carbons (Fsp3) is 0.350. The van der Waals surface area contributed by atoms with Crippen LogP contribution < -0.4 is 48.0 Å². The SMILES string of the molecule is C[N+](C)(C)Cc1cc(CCCN2C(=O)c3ccc4c5c(ccc(c35)C2=O)C(=O)N(CCCc2ccc(O)c(C[N+](C)(C)C)c2)C4=O)ccc1O.[I-].[I-]. The molecule has 2 aliphatic heterocycles.